The van der Waals surface area contributed by atoms with E-state index in [0.717, 1.165) is 0 Å². The van der Waals surface area contributed by atoms with Gasteiger partial charge in [-0.15, -0.1) is 0 Å². The van der Waals surface area contributed by atoms with E-state index in [2.05, 4.69) is 53.7 Å². The van der Waals surface area contributed by atoms with Crippen LogP contribution in [0.3, 0.4) is 0 Å². The monoisotopic (exact) mass is 182 g/mol. The van der Waals surface area contributed by atoms with E-state index < -0.39 is 0 Å². The molecule has 0 aliphatic carbocycles. The van der Waals surface area contributed by atoms with E-state index >= 15 is 0 Å². The average Bonchev–Trinajstić information content (AvgIpc) is 1.99. The van der Waals surface area contributed by atoms with Gasteiger partial charge in [-0.1, -0.05) is 53.2 Å². The van der Waals surface area contributed by atoms with Crippen LogP contribution in [0.1, 0.15) is 60.8 Å². The number of hydrogen-bond donors (Lipinski definition) is 0. The molecule has 78 valence electrons. The lowest BCUT2D eigenvalue weighted by Crippen LogP contribution is -2.22. The van der Waals surface area contributed by atoms with Gasteiger partial charge in [-0.3, -0.25) is 0 Å². The fourth-order valence-corrected chi connectivity index (χ4v) is 1.93. The Hall–Kier alpha value is -0.260. The Kier molecular flexibility index (Phi) is 4.74. The van der Waals surface area contributed by atoms with Crippen LogP contribution < -0.4 is 0 Å². The van der Waals surface area contributed by atoms with E-state index in [1.165, 1.54) is 19.3 Å². The molecule has 13 heavy (non-hydrogen) atoms. The number of rotatable bonds is 5. The predicted octanol–water partition coefficient (Wildman–Crippen LogP) is 4.81. The fourth-order valence-electron chi connectivity index (χ4n) is 1.93. The van der Waals surface area contributed by atoms with Gasteiger partial charge in [0.15, 0.2) is 0 Å². The second kappa shape index (κ2) is 4.83. The second-order valence-electron chi connectivity index (χ2n) is 5.63. The quantitative estimate of drug-likeness (QED) is 0.535. The molecule has 0 spiro atoms. The van der Waals surface area contributed by atoms with E-state index in [4.69, 9.17) is 0 Å². The van der Waals surface area contributed by atoms with Gasteiger partial charge in [0, 0.05) is 0 Å². The second-order valence-corrected chi connectivity index (χ2v) is 5.63. The summed E-state index contributed by atoms with van der Waals surface area (Å²) in [5, 5.41) is 0. The molecule has 0 atom stereocenters. The third kappa shape index (κ3) is 5.90. The Labute approximate surface area is 84.4 Å². The van der Waals surface area contributed by atoms with Crippen LogP contribution in [-0.4, -0.2) is 0 Å². The van der Waals surface area contributed by atoms with Gasteiger partial charge in [-0.25, -0.2) is 0 Å². The van der Waals surface area contributed by atoms with Gasteiger partial charge >= 0.3 is 0 Å². The molecule has 0 aromatic carbocycles. The first-order valence-electron chi connectivity index (χ1n) is 5.44. The molecule has 0 amide bonds. The smallest absolute Gasteiger partial charge is 0.0299 e. The molecule has 0 rings (SSSR count). The minimum absolute atomic E-state index is 0.450. The van der Waals surface area contributed by atoms with Crippen LogP contribution in [0.2, 0.25) is 0 Å². The average molecular weight is 182 g/mol. The van der Waals surface area contributed by atoms with E-state index in [1.807, 2.05) is 0 Å². The van der Waals surface area contributed by atoms with Crippen molar-refractivity contribution in [2.75, 3.05) is 0 Å². The zero-order chi connectivity index (χ0) is 10.5. The molecule has 0 nitrogen and oxygen atoms in total. The third-order valence-corrected chi connectivity index (χ3v) is 2.82. The summed E-state index contributed by atoms with van der Waals surface area (Å²) >= 11 is 0. The molecule has 0 aromatic rings. The summed E-state index contributed by atoms with van der Waals surface area (Å²) in [6.07, 6.45) is 8.21. The van der Waals surface area contributed by atoms with Crippen molar-refractivity contribution in [2.45, 2.75) is 60.8 Å². The van der Waals surface area contributed by atoms with Crippen molar-refractivity contribution >= 4 is 0 Å². The Morgan fingerprint density at radius 2 is 1.54 bits per heavy atom. The van der Waals surface area contributed by atoms with Crippen molar-refractivity contribution in [3.05, 3.63) is 12.2 Å². The predicted molar refractivity (Wildman–Crippen MR) is 61.9 cm³/mol. The van der Waals surface area contributed by atoms with Gasteiger partial charge in [0.05, 0.1) is 0 Å². The molecule has 0 bridgehead atoms. The maximum Gasteiger partial charge on any atom is -0.0299 e. The van der Waals surface area contributed by atoms with Gasteiger partial charge in [0.25, 0.3) is 0 Å². The minimum Gasteiger partial charge on any atom is -0.0916 e. The van der Waals surface area contributed by atoms with Gasteiger partial charge in [-0.05, 0) is 30.6 Å². The highest BCUT2D eigenvalue weighted by Gasteiger charge is 2.26. The normalized spacial score (nSPS) is 14.0. The van der Waals surface area contributed by atoms with Gasteiger partial charge in [-0.2, -0.15) is 0 Å². The van der Waals surface area contributed by atoms with Crippen molar-refractivity contribution in [1.82, 2.24) is 0 Å². The molecule has 0 radical (unpaired) electrons. The molecule has 0 heteroatoms. The molecular weight excluding hydrogens is 156 g/mol. The lowest BCUT2D eigenvalue weighted by Gasteiger charge is -2.33. The molecule has 0 heterocycles. The highest BCUT2D eigenvalue weighted by Crippen LogP contribution is 2.38. The van der Waals surface area contributed by atoms with Crippen molar-refractivity contribution < 1.29 is 0 Å². The third-order valence-electron chi connectivity index (χ3n) is 2.82. The summed E-state index contributed by atoms with van der Waals surface area (Å²) in [6.45, 7) is 13.8. The number of allylic oxidation sites excluding steroid dienone is 2. The van der Waals surface area contributed by atoms with Crippen molar-refractivity contribution in [3.8, 4) is 0 Å². The van der Waals surface area contributed by atoms with Crippen LogP contribution in [0, 0.1) is 10.8 Å². The Morgan fingerprint density at radius 3 is 1.92 bits per heavy atom. The van der Waals surface area contributed by atoms with Crippen LogP contribution >= 0.6 is 0 Å². The summed E-state index contributed by atoms with van der Waals surface area (Å²) in [5.41, 5.74) is 0.942. The molecule has 0 aliphatic rings. The van der Waals surface area contributed by atoms with Crippen molar-refractivity contribution in [3.63, 3.8) is 0 Å². The molecule has 0 saturated heterocycles. The van der Waals surface area contributed by atoms with E-state index in [1.54, 1.807) is 0 Å². The molecule has 0 N–H and O–H groups in total. The Bertz CT molecular complexity index is 161. The highest BCUT2D eigenvalue weighted by molar-refractivity contribution is 4.87. The van der Waals surface area contributed by atoms with Crippen molar-refractivity contribution in [2.24, 2.45) is 10.8 Å². The van der Waals surface area contributed by atoms with E-state index in [0.29, 0.717) is 10.8 Å². The summed E-state index contributed by atoms with van der Waals surface area (Å²) in [7, 11) is 0. The van der Waals surface area contributed by atoms with Gasteiger partial charge in [0.1, 0.15) is 0 Å². The van der Waals surface area contributed by atoms with Crippen LogP contribution in [-0.2, 0) is 0 Å². The first-order chi connectivity index (χ1) is 5.83. The summed E-state index contributed by atoms with van der Waals surface area (Å²) in [6, 6.07) is 0. The van der Waals surface area contributed by atoms with Crippen LogP contribution in [0.25, 0.3) is 0 Å². The zero-order valence-electron chi connectivity index (χ0n) is 10.3. The lowest BCUT2D eigenvalue weighted by molar-refractivity contribution is 0.190. The van der Waals surface area contributed by atoms with E-state index in [9.17, 15) is 0 Å². The standard InChI is InChI=1S/C13H26/c1-7-9-10-13(5,6)11-12(3,4)8-2/h7,9H,8,10-11H2,1-6H3. The molecule has 0 saturated carbocycles. The largest absolute Gasteiger partial charge is 0.0916 e. The maximum absolute atomic E-state index is 2.37. The maximum atomic E-state index is 2.37. The van der Waals surface area contributed by atoms with Crippen LogP contribution in [0.4, 0.5) is 0 Å². The van der Waals surface area contributed by atoms with Gasteiger partial charge in [0.2, 0.25) is 0 Å². The fraction of sp³-hybridized carbons (Fsp3) is 0.846. The molecule has 0 fully saturated rings. The SMILES string of the molecule is CC=CCC(C)(C)CC(C)(C)CC. The number of hydrogen-bond acceptors (Lipinski definition) is 0. The molecular formula is C13H26. The minimum atomic E-state index is 0.450. The summed E-state index contributed by atoms with van der Waals surface area (Å²) < 4.78 is 0. The summed E-state index contributed by atoms with van der Waals surface area (Å²) in [4.78, 5) is 0. The Morgan fingerprint density at radius 1 is 1.00 bits per heavy atom. The van der Waals surface area contributed by atoms with Crippen LogP contribution in [0.15, 0.2) is 12.2 Å². The molecule has 0 unspecified atom stereocenters. The lowest BCUT2D eigenvalue weighted by atomic mass is 9.72. The molecule has 0 aliphatic heterocycles. The topological polar surface area (TPSA) is 0 Å². The van der Waals surface area contributed by atoms with Crippen molar-refractivity contribution in [1.29, 1.82) is 0 Å². The first kappa shape index (κ1) is 12.7. The van der Waals surface area contributed by atoms with E-state index in [-0.39, 0.29) is 0 Å². The molecule has 0 aromatic heterocycles. The Balaban J connectivity index is 4.15. The zero-order valence-corrected chi connectivity index (χ0v) is 10.3. The summed E-state index contributed by atoms with van der Waals surface area (Å²) in [5.74, 6) is 0. The van der Waals surface area contributed by atoms with Crippen LogP contribution in [0.5, 0.6) is 0 Å². The first-order valence-corrected chi connectivity index (χ1v) is 5.44. The van der Waals surface area contributed by atoms with Gasteiger partial charge < -0.3 is 0 Å². The highest BCUT2D eigenvalue weighted by atomic mass is 14.3.